The summed E-state index contributed by atoms with van der Waals surface area (Å²) < 4.78 is 2.28. The van der Waals surface area contributed by atoms with E-state index in [9.17, 15) is 0 Å². The maximum atomic E-state index is 4.36. The number of hydrogen-bond acceptors (Lipinski definition) is 4. The molecule has 3 heterocycles. The fraction of sp³-hybridized carbons (Fsp3) is 0.824. The lowest BCUT2D eigenvalue weighted by Crippen LogP contribution is -2.42. The van der Waals surface area contributed by atoms with Crippen molar-refractivity contribution in [2.75, 3.05) is 33.2 Å². The van der Waals surface area contributed by atoms with E-state index in [0.717, 1.165) is 43.7 Å². The summed E-state index contributed by atoms with van der Waals surface area (Å²) in [4.78, 5) is 6.85. The fourth-order valence-electron chi connectivity index (χ4n) is 3.57. The molecule has 24 heavy (non-hydrogen) atoms. The molecule has 1 aromatic rings. The predicted octanol–water partition coefficient (Wildman–Crippen LogP) is 1.16. The molecular formula is C17H31N7. The van der Waals surface area contributed by atoms with E-state index in [1.54, 1.807) is 0 Å². The van der Waals surface area contributed by atoms with Gasteiger partial charge in [-0.1, -0.05) is 12.8 Å². The van der Waals surface area contributed by atoms with Crippen LogP contribution in [0.15, 0.2) is 4.99 Å². The lowest BCUT2D eigenvalue weighted by molar-refractivity contribution is 0.232. The number of nitrogens with zero attached hydrogens (tertiary/aromatic N) is 5. The van der Waals surface area contributed by atoms with Crippen molar-refractivity contribution in [3.8, 4) is 0 Å². The maximum Gasteiger partial charge on any atom is 0.191 e. The molecule has 0 saturated carbocycles. The maximum absolute atomic E-state index is 4.36. The first-order valence-electron chi connectivity index (χ1n) is 9.44. The Labute approximate surface area is 144 Å². The molecule has 1 saturated heterocycles. The van der Waals surface area contributed by atoms with Gasteiger partial charge in [0.1, 0.15) is 5.82 Å². The van der Waals surface area contributed by atoms with E-state index in [-0.39, 0.29) is 0 Å². The molecule has 2 aliphatic rings. The molecule has 0 bridgehead atoms. The standard InChI is InChI=1S/C17H31N7/c1-18-17(19-9-13-23-10-5-3-6-11-23)20-14-16-22-21-15-8-4-2-7-12-24(15)16/h2-14H2,1H3,(H2,18,19,20). The molecule has 0 aliphatic carbocycles. The zero-order valence-corrected chi connectivity index (χ0v) is 14.9. The minimum absolute atomic E-state index is 0.677. The second-order valence-corrected chi connectivity index (χ2v) is 6.75. The topological polar surface area (TPSA) is 70.4 Å². The molecule has 0 aromatic carbocycles. The lowest BCUT2D eigenvalue weighted by atomic mass is 10.1. The highest BCUT2D eigenvalue weighted by Crippen LogP contribution is 2.14. The quantitative estimate of drug-likeness (QED) is 0.625. The van der Waals surface area contributed by atoms with E-state index in [2.05, 4.69) is 35.3 Å². The van der Waals surface area contributed by atoms with Gasteiger partial charge in [0.15, 0.2) is 11.8 Å². The first-order chi connectivity index (χ1) is 11.9. The Bertz CT molecular complexity index is 531. The number of aliphatic imine (C=N–C) groups is 1. The number of nitrogens with one attached hydrogen (secondary N) is 2. The van der Waals surface area contributed by atoms with Gasteiger partial charge in [0.25, 0.3) is 0 Å². The normalized spacial score (nSPS) is 19.6. The number of aromatic nitrogens is 3. The van der Waals surface area contributed by atoms with Crippen LogP contribution >= 0.6 is 0 Å². The van der Waals surface area contributed by atoms with Gasteiger partial charge in [-0.15, -0.1) is 10.2 Å². The van der Waals surface area contributed by atoms with Crippen LogP contribution in [0.3, 0.4) is 0 Å². The number of rotatable bonds is 5. The molecule has 7 heteroatoms. The van der Waals surface area contributed by atoms with Gasteiger partial charge in [-0.2, -0.15) is 0 Å². The SMILES string of the molecule is CN=C(NCCN1CCCCC1)NCc1nnc2n1CCCCC2. The molecule has 0 amide bonds. The first kappa shape index (κ1) is 17.2. The van der Waals surface area contributed by atoms with Crippen molar-refractivity contribution in [2.24, 2.45) is 4.99 Å². The molecule has 0 spiro atoms. The summed E-state index contributed by atoms with van der Waals surface area (Å²) in [5.41, 5.74) is 0. The van der Waals surface area contributed by atoms with Crippen LogP contribution in [0.4, 0.5) is 0 Å². The minimum atomic E-state index is 0.677. The molecule has 2 N–H and O–H groups in total. The molecule has 7 nitrogen and oxygen atoms in total. The lowest BCUT2D eigenvalue weighted by Gasteiger charge is -2.26. The molecule has 0 radical (unpaired) electrons. The molecule has 1 fully saturated rings. The summed E-state index contributed by atoms with van der Waals surface area (Å²) in [5.74, 6) is 3.00. The van der Waals surface area contributed by atoms with Gasteiger partial charge in [-0.25, -0.2) is 0 Å². The molecule has 0 atom stereocenters. The van der Waals surface area contributed by atoms with Gasteiger partial charge in [0, 0.05) is 33.1 Å². The molecule has 3 rings (SSSR count). The van der Waals surface area contributed by atoms with Crippen LogP contribution in [-0.4, -0.2) is 58.9 Å². The minimum Gasteiger partial charge on any atom is -0.355 e. The van der Waals surface area contributed by atoms with E-state index in [1.165, 1.54) is 51.6 Å². The van der Waals surface area contributed by atoms with Crippen LogP contribution in [0.5, 0.6) is 0 Å². The largest absolute Gasteiger partial charge is 0.355 e. The summed E-state index contributed by atoms with van der Waals surface area (Å²) >= 11 is 0. The summed E-state index contributed by atoms with van der Waals surface area (Å²) in [5, 5.41) is 15.5. The molecule has 0 unspecified atom stereocenters. The number of likely N-dealkylation sites (tertiary alicyclic amines) is 1. The third-order valence-electron chi connectivity index (χ3n) is 4.99. The Balaban J connectivity index is 1.43. The molecule has 1 aromatic heterocycles. The van der Waals surface area contributed by atoms with Crippen LogP contribution in [0.25, 0.3) is 0 Å². The number of aryl methyl sites for hydroxylation is 1. The van der Waals surface area contributed by atoms with Gasteiger partial charge >= 0.3 is 0 Å². The van der Waals surface area contributed by atoms with E-state index >= 15 is 0 Å². The summed E-state index contributed by atoms with van der Waals surface area (Å²) in [6, 6.07) is 0. The van der Waals surface area contributed by atoms with Crippen molar-refractivity contribution in [1.82, 2.24) is 30.3 Å². The van der Waals surface area contributed by atoms with Gasteiger partial charge in [-0.3, -0.25) is 4.99 Å². The van der Waals surface area contributed by atoms with Crippen molar-refractivity contribution < 1.29 is 0 Å². The number of hydrogen-bond donors (Lipinski definition) is 2. The van der Waals surface area contributed by atoms with Gasteiger partial charge in [0.2, 0.25) is 0 Å². The molecule has 2 aliphatic heterocycles. The number of fused-ring (bicyclic) bond motifs is 1. The highest BCUT2D eigenvalue weighted by molar-refractivity contribution is 5.79. The summed E-state index contributed by atoms with van der Waals surface area (Å²) in [7, 11) is 1.82. The van der Waals surface area contributed by atoms with E-state index in [4.69, 9.17) is 0 Å². The second kappa shape index (κ2) is 9.01. The van der Waals surface area contributed by atoms with Crippen molar-refractivity contribution in [1.29, 1.82) is 0 Å². The Kier molecular flexibility index (Phi) is 6.46. The molecular weight excluding hydrogens is 302 g/mol. The van der Waals surface area contributed by atoms with E-state index in [0.29, 0.717) is 6.54 Å². The van der Waals surface area contributed by atoms with Crippen LogP contribution in [0.1, 0.15) is 50.2 Å². The van der Waals surface area contributed by atoms with E-state index in [1.807, 2.05) is 7.05 Å². The van der Waals surface area contributed by atoms with Crippen LogP contribution < -0.4 is 10.6 Å². The fourth-order valence-corrected chi connectivity index (χ4v) is 3.57. The average molecular weight is 333 g/mol. The second-order valence-electron chi connectivity index (χ2n) is 6.75. The van der Waals surface area contributed by atoms with Crippen molar-refractivity contribution in [3.63, 3.8) is 0 Å². The first-order valence-corrected chi connectivity index (χ1v) is 9.44. The third-order valence-corrected chi connectivity index (χ3v) is 4.99. The molecule has 134 valence electrons. The zero-order chi connectivity index (χ0) is 16.6. The Morgan fingerprint density at radius 2 is 1.79 bits per heavy atom. The smallest absolute Gasteiger partial charge is 0.191 e. The highest BCUT2D eigenvalue weighted by Gasteiger charge is 2.15. The Morgan fingerprint density at radius 3 is 2.62 bits per heavy atom. The highest BCUT2D eigenvalue weighted by atomic mass is 15.3. The predicted molar refractivity (Wildman–Crippen MR) is 96.1 cm³/mol. The van der Waals surface area contributed by atoms with Gasteiger partial charge in [-0.05, 0) is 38.8 Å². The monoisotopic (exact) mass is 333 g/mol. The summed E-state index contributed by atoms with van der Waals surface area (Å²) in [6.07, 6.45) is 8.85. The van der Waals surface area contributed by atoms with Crippen LogP contribution in [0.2, 0.25) is 0 Å². The van der Waals surface area contributed by atoms with Crippen LogP contribution in [0, 0.1) is 0 Å². The third kappa shape index (κ3) is 4.69. The Morgan fingerprint density at radius 1 is 1.00 bits per heavy atom. The van der Waals surface area contributed by atoms with Crippen molar-refractivity contribution in [2.45, 2.75) is 58.0 Å². The Hall–Kier alpha value is -1.63. The number of guanidine groups is 1. The van der Waals surface area contributed by atoms with Crippen molar-refractivity contribution in [3.05, 3.63) is 11.6 Å². The number of piperidine rings is 1. The van der Waals surface area contributed by atoms with Gasteiger partial charge in [0.05, 0.1) is 6.54 Å². The van der Waals surface area contributed by atoms with Crippen molar-refractivity contribution >= 4 is 5.96 Å². The summed E-state index contributed by atoms with van der Waals surface area (Å²) in [6.45, 7) is 6.20. The van der Waals surface area contributed by atoms with Gasteiger partial charge < -0.3 is 20.1 Å². The van der Waals surface area contributed by atoms with E-state index < -0.39 is 0 Å². The zero-order valence-electron chi connectivity index (χ0n) is 14.9. The average Bonchev–Trinajstić information content (AvgIpc) is 2.85. The van der Waals surface area contributed by atoms with Crippen LogP contribution in [-0.2, 0) is 19.5 Å².